The highest BCUT2D eigenvalue weighted by Crippen LogP contribution is 2.26. The third-order valence-corrected chi connectivity index (χ3v) is 6.82. The van der Waals surface area contributed by atoms with E-state index in [1.807, 2.05) is 35.4 Å². The summed E-state index contributed by atoms with van der Waals surface area (Å²) in [5.74, 6) is 1.20. The molecule has 32 heavy (non-hydrogen) atoms. The van der Waals surface area contributed by atoms with Crippen LogP contribution in [0.25, 0.3) is 15.7 Å². The maximum atomic E-state index is 12.7. The molecule has 0 radical (unpaired) electrons. The lowest BCUT2D eigenvalue weighted by Gasteiger charge is -2.35. The van der Waals surface area contributed by atoms with Crippen molar-refractivity contribution >= 4 is 45.6 Å². The smallest absolute Gasteiger partial charge is 0.321 e. The first-order valence-electron chi connectivity index (χ1n) is 10.0. The first-order valence-corrected chi connectivity index (χ1v) is 12.0. The first kappa shape index (κ1) is 20.6. The number of fused-ring (bicyclic) bond motifs is 1. The molecule has 0 unspecified atom stereocenters. The molecule has 11 heteroatoms. The summed E-state index contributed by atoms with van der Waals surface area (Å²) in [6.45, 7) is 2.25. The summed E-state index contributed by atoms with van der Waals surface area (Å²) in [4.78, 5) is 35.3. The number of rotatable bonds is 4. The molecule has 1 aromatic carbocycles. The van der Waals surface area contributed by atoms with Crippen LogP contribution in [0.3, 0.4) is 0 Å². The molecule has 4 heterocycles. The third-order valence-electron chi connectivity index (χ3n) is 5.18. The molecule has 0 atom stereocenters. The maximum Gasteiger partial charge on any atom is 0.321 e. The molecule has 5 rings (SSSR count). The quantitative estimate of drug-likeness (QED) is 0.458. The molecule has 1 N–H and O–H groups in total. The molecule has 9 nitrogen and oxygen atoms in total. The number of carbonyl (C=O) groups excluding carboxylic acids is 1. The van der Waals surface area contributed by atoms with Crippen LogP contribution in [-0.2, 0) is 0 Å². The Morgan fingerprint density at radius 2 is 2.00 bits per heavy atom. The van der Waals surface area contributed by atoms with E-state index in [-0.39, 0.29) is 11.6 Å². The predicted octanol–water partition coefficient (Wildman–Crippen LogP) is 3.49. The number of aromatic nitrogens is 3. The van der Waals surface area contributed by atoms with Crippen LogP contribution in [0.5, 0.6) is 0 Å². The van der Waals surface area contributed by atoms with E-state index in [2.05, 4.69) is 15.4 Å². The molecular formula is C21H20N6O3S2. The monoisotopic (exact) mass is 468 g/mol. The van der Waals surface area contributed by atoms with Crippen molar-refractivity contribution in [3.05, 3.63) is 59.1 Å². The molecule has 1 aliphatic rings. The number of benzene rings is 1. The summed E-state index contributed by atoms with van der Waals surface area (Å²) >= 11 is 2.93. The fourth-order valence-corrected chi connectivity index (χ4v) is 4.83. The van der Waals surface area contributed by atoms with Crippen LogP contribution in [0, 0.1) is 0 Å². The Morgan fingerprint density at radius 1 is 1.16 bits per heavy atom. The number of carbonyl (C=O) groups is 1. The van der Waals surface area contributed by atoms with Crippen LogP contribution in [0.4, 0.5) is 16.3 Å². The summed E-state index contributed by atoms with van der Waals surface area (Å²) in [5.41, 5.74) is 0.537. The zero-order valence-electron chi connectivity index (χ0n) is 17.2. The highest BCUT2D eigenvalue weighted by molar-refractivity contribution is 7.98. The second kappa shape index (κ2) is 8.67. The molecular weight excluding hydrogens is 448 g/mol. The van der Waals surface area contributed by atoms with Crippen molar-refractivity contribution in [3.8, 4) is 10.8 Å². The van der Waals surface area contributed by atoms with E-state index in [4.69, 9.17) is 4.42 Å². The van der Waals surface area contributed by atoms with Gasteiger partial charge >= 0.3 is 6.03 Å². The highest BCUT2D eigenvalue weighted by atomic mass is 32.2. The van der Waals surface area contributed by atoms with Crippen LogP contribution in [0.15, 0.2) is 62.8 Å². The van der Waals surface area contributed by atoms with Gasteiger partial charge < -0.3 is 19.5 Å². The molecule has 0 bridgehead atoms. The van der Waals surface area contributed by atoms with Crippen LogP contribution in [0.2, 0.25) is 0 Å². The first-order chi connectivity index (χ1) is 15.6. The van der Waals surface area contributed by atoms with Gasteiger partial charge in [0.05, 0.1) is 6.26 Å². The van der Waals surface area contributed by atoms with Gasteiger partial charge in [-0.25, -0.2) is 9.78 Å². The third kappa shape index (κ3) is 4.08. The van der Waals surface area contributed by atoms with Gasteiger partial charge in [-0.1, -0.05) is 17.4 Å². The maximum absolute atomic E-state index is 12.7. The molecule has 2 amide bonds. The fourth-order valence-electron chi connectivity index (χ4n) is 3.50. The standard InChI is InChI=1S/C21H20N6O3S2/c1-31-15-5-2-4-14(12-15)22-20(29)26-9-7-25(8-10-26)17-13-18(28)27-21(23-17)32-19(24-27)16-6-3-11-30-16/h2-6,11-13H,7-10H2,1H3,(H,22,29). The van der Waals surface area contributed by atoms with Gasteiger partial charge in [0.1, 0.15) is 5.82 Å². The predicted molar refractivity (Wildman–Crippen MR) is 126 cm³/mol. The van der Waals surface area contributed by atoms with E-state index >= 15 is 0 Å². The minimum atomic E-state index is -0.243. The lowest BCUT2D eigenvalue weighted by Crippen LogP contribution is -2.50. The van der Waals surface area contributed by atoms with Crippen LogP contribution < -0.4 is 15.8 Å². The van der Waals surface area contributed by atoms with Gasteiger partial charge in [-0.05, 0) is 36.6 Å². The number of anilines is 2. The van der Waals surface area contributed by atoms with Gasteiger partial charge in [0, 0.05) is 42.8 Å². The molecule has 164 valence electrons. The van der Waals surface area contributed by atoms with Crippen LogP contribution in [0.1, 0.15) is 0 Å². The van der Waals surface area contributed by atoms with Crippen LogP contribution >= 0.6 is 23.1 Å². The van der Waals surface area contributed by atoms with E-state index in [0.717, 1.165) is 10.6 Å². The van der Waals surface area contributed by atoms with Gasteiger partial charge in [-0.3, -0.25) is 4.79 Å². The van der Waals surface area contributed by atoms with E-state index in [0.29, 0.717) is 47.7 Å². The van der Waals surface area contributed by atoms with E-state index in [1.165, 1.54) is 21.9 Å². The Balaban J connectivity index is 1.27. The summed E-state index contributed by atoms with van der Waals surface area (Å²) in [7, 11) is 0. The number of nitrogens with one attached hydrogen (secondary N) is 1. The van der Waals surface area contributed by atoms with Gasteiger partial charge in [0.25, 0.3) is 5.56 Å². The van der Waals surface area contributed by atoms with Crippen molar-refractivity contribution in [2.45, 2.75) is 4.90 Å². The Labute approximate surface area is 191 Å². The highest BCUT2D eigenvalue weighted by Gasteiger charge is 2.23. The van der Waals surface area contributed by atoms with Crippen molar-refractivity contribution in [3.63, 3.8) is 0 Å². The summed E-state index contributed by atoms with van der Waals surface area (Å²) in [6.07, 6.45) is 3.57. The van der Waals surface area contributed by atoms with Crippen molar-refractivity contribution in [2.24, 2.45) is 0 Å². The average Bonchev–Trinajstić information content (AvgIpc) is 3.49. The van der Waals surface area contributed by atoms with E-state index < -0.39 is 0 Å². The number of hydrogen-bond donors (Lipinski definition) is 1. The van der Waals surface area contributed by atoms with Crippen molar-refractivity contribution in [1.29, 1.82) is 0 Å². The molecule has 1 fully saturated rings. The zero-order valence-corrected chi connectivity index (χ0v) is 18.9. The van der Waals surface area contributed by atoms with Gasteiger partial charge in [0.15, 0.2) is 10.8 Å². The molecule has 0 aliphatic carbocycles. The Morgan fingerprint density at radius 3 is 2.75 bits per heavy atom. The summed E-state index contributed by atoms with van der Waals surface area (Å²) in [5, 5.41) is 7.88. The van der Waals surface area contributed by atoms with Crippen LogP contribution in [-0.4, -0.2) is 58.0 Å². The minimum Gasteiger partial charge on any atom is -0.462 e. The molecule has 0 spiro atoms. The SMILES string of the molecule is CSc1cccc(NC(=O)N2CCN(c3cc(=O)n4nc(-c5ccco5)sc4n3)CC2)c1. The van der Waals surface area contributed by atoms with E-state index in [1.54, 1.807) is 35.1 Å². The number of hydrogen-bond acceptors (Lipinski definition) is 8. The Kier molecular flexibility index (Phi) is 5.58. The normalized spacial score (nSPS) is 14.2. The van der Waals surface area contributed by atoms with Crippen molar-refractivity contribution < 1.29 is 9.21 Å². The van der Waals surface area contributed by atoms with Gasteiger partial charge in [0.2, 0.25) is 4.96 Å². The minimum absolute atomic E-state index is 0.128. The lowest BCUT2D eigenvalue weighted by atomic mass is 10.3. The Hall–Kier alpha value is -3.31. The average molecular weight is 469 g/mol. The largest absolute Gasteiger partial charge is 0.462 e. The lowest BCUT2D eigenvalue weighted by molar-refractivity contribution is 0.208. The zero-order chi connectivity index (χ0) is 22.1. The van der Waals surface area contributed by atoms with Gasteiger partial charge in [-0.15, -0.1) is 16.9 Å². The van der Waals surface area contributed by atoms with E-state index in [9.17, 15) is 9.59 Å². The second-order valence-electron chi connectivity index (χ2n) is 7.17. The number of thioether (sulfide) groups is 1. The molecule has 0 saturated carbocycles. The molecule has 3 aromatic heterocycles. The Bertz CT molecular complexity index is 1310. The van der Waals surface area contributed by atoms with Gasteiger partial charge in [-0.2, -0.15) is 4.52 Å². The number of amides is 2. The molecule has 1 aliphatic heterocycles. The fraction of sp³-hybridized carbons (Fsp3) is 0.238. The van der Waals surface area contributed by atoms with Crippen molar-refractivity contribution in [2.75, 3.05) is 42.7 Å². The number of urea groups is 1. The topological polar surface area (TPSA) is 96.0 Å². The number of furan rings is 1. The summed E-state index contributed by atoms with van der Waals surface area (Å²) < 4.78 is 6.67. The molecule has 4 aromatic rings. The number of nitrogens with zero attached hydrogens (tertiary/aromatic N) is 5. The van der Waals surface area contributed by atoms with Crippen molar-refractivity contribution in [1.82, 2.24) is 19.5 Å². The second-order valence-corrected chi connectivity index (χ2v) is 9.00. The molecule has 1 saturated heterocycles. The summed E-state index contributed by atoms with van der Waals surface area (Å²) in [6, 6.07) is 12.7. The number of piperazine rings is 1.